The van der Waals surface area contributed by atoms with Crippen molar-refractivity contribution in [2.45, 2.75) is 0 Å². The zero-order valence-electron chi connectivity index (χ0n) is 12.1. The topological polar surface area (TPSA) is 42.0 Å². The molecule has 0 bridgehead atoms. The lowest BCUT2D eigenvalue weighted by atomic mass is 10.2. The molecule has 0 spiro atoms. The van der Waals surface area contributed by atoms with Crippen molar-refractivity contribution in [2.24, 2.45) is 0 Å². The average Bonchev–Trinajstić information content (AvgIpc) is 3.02. The lowest BCUT2D eigenvalue weighted by molar-refractivity contribution is -0.111. The summed E-state index contributed by atoms with van der Waals surface area (Å²) in [5.41, 5.74) is 2.58. The van der Waals surface area contributed by atoms with Crippen molar-refractivity contribution in [1.29, 1.82) is 0 Å². The van der Waals surface area contributed by atoms with Crippen LogP contribution in [-0.4, -0.2) is 10.9 Å². The van der Waals surface area contributed by atoms with Crippen LogP contribution in [0.5, 0.6) is 0 Å². The van der Waals surface area contributed by atoms with E-state index in [1.54, 1.807) is 6.08 Å². The Morgan fingerprint density at radius 2 is 1.83 bits per heavy atom. The summed E-state index contributed by atoms with van der Waals surface area (Å²) in [6, 6.07) is 17.1. The predicted octanol–water partition coefficient (Wildman–Crippen LogP) is 5.12. The van der Waals surface area contributed by atoms with Crippen LogP contribution < -0.4 is 5.32 Å². The van der Waals surface area contributed by atoms with Gasteiger partial charge in [-0.3, -0.25) is 10.1 Å². The highest BCUT2D eigenvalue weighted by Crippen LogP contribution is 2.30. The number of hydrogen-bond acceptors (Lipinski definition) is 3. The molecule has 0 unspecified atom stereocenters. The van der Waals surface area contributed by atoms with E-state index in [0.29, 0.717) is 10.2 Å². The minimum absolute atomic E-state index is 0.214. The zero-order chi connectivity index (χ0) is 16.1. The van der Waals surface area contributed by atoms with Gasteiger partial charge in [0.05, 0.1) is 5.69 Å². The maximum Gasteiger partial charge on any atom is 0.250 e. The minimum Gasteiger partial charge on any atom is -0.298 e. The Balaban J connectivity index is 1.68. The van der Waals surface area contributed by atoms with Gasteiger partial charge in [-0.15, -0.1) is 11.3 Å². The quantitative estimate of drug-likeness (QED) is 0.670. The Morgan fingerprint density at radius 1 is 1.09 bits per heavy atom. The molecule has 0 saturated heterocycles. The highest BCUT2D eigenvalue weighted by atomic mass is 35.5. The number of halogens is 1. The molecule has 1 amide bonds. The Bertz CT molecular complexity index is 843. The fraction of sp³-hybridized carbons (Fsp3) is 0. The number of nitrogens with zero attached hydrogens (tertiary/aromatic N) is 1. The zero-order valence-corrected chi connectivity index (χ0v) is 13.6. The van der Waals surface area contributed by atoms with E-state index in [-0.39, 0.29) is 5.91 Å². The second kappa shape index (κ2) is 7.22. The number of aromatic nitrogens is 1. The molecule has 114 valence electrons. The number of rotatable bonds is 4. The summed E-state index contributed by atoms with van der Waals surface area (Å²) in [7, 11) is 0. The van der Waals surface area contributed by atoms with Gasteiger partial charge in [-0.05, 0) is 17.7 Å². The first-order valence-corrected chi connectivity index (χ1v) is 8.23. The van der Waals surface area contributed by atoms with E-state index < -0.39 is 0 Å². The molecule has 3 aromatic rings. The Labute approximate surface area is 143 Å². The molecule has 1 heterocycles. The SMILES string of the molecule is O=C(/C=C/c1ccccc1)Nc1nc(-c2ccccc2Cl)cs1. The van der Waals surface area contributed by atoms with Crippen molar-refractivity contribution >= 4 is 40.1 Å². The minimum atomic E-state index is -0.214. The highest BCUT2D eigenvalue weighted by molar-refractivity contribution is 7.14. The number of thiazole rings is 1. The summed E-state index contributed by atoms with van der Waals surface area (Å²) in [5, 5.41) is 5.82. The van der Waals surface area contributed by atoms with Gasteiger partial charge >= 0.3 is 0 Å². The second-order valence-corrected chi connectivity index (χ2v) is 6.02. The van der Waals surface area contributed by atoms with Crippen LogP contribution in [0.1, 0.15) is 5.56 Å². The van der Waals surface area contributed by atoms with Crippen LogP contribution >= 0.6 is 22.9 Å². The number of hydrogen-bond donors (Lipinski definition) is 1. The molecule has 0 aliphatic carbocycles. The molecule has 5 heteroatoms. The third-order valence-electron chi connectivity index (χ3n) is 3.11. The van der Waals surface area contributed by atoms with E-state index in [1.807, 2.05) is 60.0 Å². The van der Waals surface area contributed by atoms with Crippen LogP contribution in [-0.2, 0) is 4.79 Å². The lowest BCUT2D eigenvalue weighted by Gasteiger charge is -1.99. The summed E-state index contributed by atoms with van der Waals surface area (Å²) in [5.74, 6) is -0.214. The standard InChI is InChI=1S/C18H13ClN2OS/c19-15-9-5-4-8-14(15)16-12-23-18(20-16)21-17(22)11-10-13-6-2-1-3-7-13/h1-12H,(H,20,21,22)/b11-10+. The molecule has 23 heavy (non-hydrogen) atoms. The summed E-state index contributed by atoms with van der Waals surface area (Å²) in [6.45, 7) is 0. The molecule has 0 fully saturated rings. The molecule has 1 N–H and O–H groups in total. The smallest absolute Gasteiger partial charge is 0.250 e. The van der Waals surface area contributed by atoms with Crippen molar-refractivity contribution < 1.29 is 4.79 Å². The lowest BCUT2D eigenvalue weighted by Crippen LogP contribution is -2.07. The monoisotopic (exact) mass is 340 g/mol. The van der Waals surface area contributed by atoms with Crippen molar-refractivity contribution in [3.63, 3.8) is 0 Å². The van der Waals surface area contributed by atoms with Gasteiger partial charge in [-0.25, -0.2) is 4.98 Å². The molecule has 3 rings (SSSR count). The van der Waals surface area contributed by atoms with Crippen molar-refractivity contribution in [1.82, 2.24) is 4.98 Å². The van der Waals surface area contributed by atoms with Gasteiger partial charge in [0.1, 0.15) is 0 Å². The summed E-state index contributed by atoms with van der Waals surface area (Å²) in [4.78, 5) is 16.3. The molecule has 0 aliphatic heterocycles. The number of nitrogens with one attached hydrogen (secondary N) is 1. The third kappa shape index (κ3) is 4.06. The van der Waals surface area contributed by atoms with Crippen molar-refractivity contribution in [3.8, 4) is 11.3 Å². The summed E-state index contributed by atoms with van der Waals surface area (Å²) in [6.07, 6.45) is 3.25. The molecule has 0 radical (unpaired) electrons. The number of benzene rings is 2. The van der Waals surface area contributed by atoms with E-state index in [1.165, 1.54) is 17.4 Å². The maximum atomic E-state index is 11.9. The predicted molar refractivity (Wildman–Crippen MR) is 96.7 cm³/mol. The molecule has 0 atom stereocenters. The van der Waals surface area contributed by atoms with E-state index in [2.05, 4.69) is 10.3 Å². The van der Waals surface area contributed by atoms with Crippen LogP contribution in [0.15, 0.2) is 66.1 Å². The average molecular weight is 341 g/mol. The summed E-state index contributed by atoms with van der Waals surface area (Å²) >= 11 is 7.52. The van der Waals surface area contributed by atoms with E-state index in [9.17, 15) is 4.79 Å². The largest absolute Gasteiger partial charge is 0.298 e. The maximum absolute atomic E-state index is 11.9. The normalized spacial score (nSPS) is 10.8. The number of amides is 1. The molecule has 3 nitrogen and oxygen atoms in total. The molecule has 0 aliphatic rings. The fourth-order valence-corrected chi connectivity index (χ4v) is 2.95. The molecular formula is C18H13ClN2OS. The number of carbonyl (C=O) groups is 1. The first-order valence-electron chi connectivity index (χ1n) is 6.97. The van der Waals surface area contributed by atoms with Gasteiger partial charge < -0.3 is 0 Å². The van der Waals surface area contributed by atoms with Crippen LogP contribution in [0.4, 0.5) is 5.13 Å². The Hall–Kier alpha value is -2.43. The van der Waals surface area contributed by atoms with Gasteiger partial charge in [-0.2, -0.15) is 0 Å². The van der Waals surface area contributed by atoms with Gasteiger partial charge in [0.2, 0.25) is 5.91 Å². The van der Waals surface area contributed by atoms with Crippen LogP contribution in [0.2, 0.25) is 5.02 Å². The van der Waals surface area contributed by atoms with E-state index in [0.717, 1.165) is 16.8 Å². The first kappa shape index (κ1) is 15.5. The van der Waals surface area contributed by atoms with Crippen LogP contribution in [0.3, 0.4) is 0 Å². The molecule has 1 aromatic heterocycles. The van der Waals surface area contributed by atoms with Gasteiger partial charge in [0.25, 0.3) is 0 Å². The Kier molecular flexibility index (Phi) is 4.86. The first-order chi connectivity index (χ1) is 11.2. The number of anilines is 1. The van der Waals surface area contributed by atoms with Gasteiger partial charge in [-0.1, -0.05) is 60.1 Å². The second-order valence-electron chi connectivity index (χ2n) is 4.75. The summed E-state index contributed by atoms with van der Waals surface area (Å²) < 4.78 is 0. The van der Waals surface area contributed by atoms with Crippen molar-refractivity contribution in [2.75, 3.05) is 5.32 Å². The van der Waals surface area contributed by atoms with Gasteiger partial charge in [0.15, 0.2) is 5.13 Å². The van der Waals surface area contributed by atoms with Crippen LogP contribution in [0, 0.1) is 0 Å². The van der Waals surface area contributed by atoms with Crippen molar-refractivity contribution in [3.05, 3.63) is 76.6 Å². The van der Waals surface area contributed by atoms with Crippen LogP contribution in [0.25, 0.3) is 17.3 Å². The Morgan fingerprint density at radius 3 is 2.61 bits per heavy atom. The fourth-order valence-electron chi connectivity index (χ4n) is 2.01. The third-order valence-corrected chi connectivity index (χ3v) is 4.20. The van der Waals surface area contributed by atoms with E-state index in [4.69, 9.17) is 11.6 Å². The molecular weight excluding hydrogens is 328 g/mol. The highest BCUT2D eigenvalue weighted by Gasteiger charge is 2.08. The number of carbonyl (C=O) groups excluding carboxylic acids is 1. The van der Waals surface area contributed by atoms with Gasteiger partial charge in [0, 0.05) is 22.0 Å². The van der Waals surface area contributed by atoms with E-state index >= 15 is 0 Å². The molecule has 2 aromatic carbocycles. The molecule has 0 saturated carbocycles.